The van der Waals surface area contributed by atoms with Crippen LogP contribution in [0.1, 0.15) is 50.4 Å². The van der Waals surface area contributed by atoms with Crippen LogP contribution < -0.4 is 0 Å². The summed E-state index contributed by atoms with van der Waals surface area (Å²) in [4.78, 5) is 7.60. The molecule has 0 N–H and O–H groups in total. The molecule has 2 aromatic rings. The van der Waals surface area contributed by atoms with Gasteiger partial charge in [-0.1, -0.05) is 80.9 Å². The molecule has 0 fully saturated rings. The van der Waals surface area contributed by atoms with Crippen LogP contribution in [-0.4, -0.2) is 17.2 Å². The van der Waals surface area contributed by atoms with E-state index in [1.807, 2.05) is 0 Å². The zero-order chi connectivity index (χ0) is 16.8. The molecule has 1 atom stereocenters. The van der Waals surface area contributed by atoms with Crippen molar-refractivity contribution in [2.24, 2.45) is 4.99 Å². The molecular weight excluding hydrogens is 292 g/mol. The summed E-state index contributed by atoms with van der Waals surface area (Å²) in [5.41, 5.74) is 4.93. The summed E-state index contributed by atoms with van der Waals surface area (Å²) in [6, 6.07) is 21.2. The Morgan fingerprint density at radius 2 is 1.58 bits per heavy atom. The number of hydrogen-bond donors (Lipinski definition) is 0. The van der Waals surface area contributed by atoms with Gasteiger partial charge in [0.25, 0.3) is 0 Å². The molecule has 0 bridgehead atoms. The van der Waals surface area contributed by atoms with Crippen molar-refractivity contribution in [2.75, 3.05) is 6.54 Å². The van der Waals surface area contributed by atoms with E-state index in [-0.39, 0.29) is 6.17 Å². The maximum absolute atomic E-state index is 5.12. The highest BCUT2D eigenvalue weighted by Gasteiger charge is 2.25. The Bertz CT molecular complexity index is 701. The van der Waals surface area contributed by atoms with Crippen LogP contribution in [0.4, 0.5) is 0 Å². The molecule has 0 saturated carbocycles. The van der Waals surface area contributed by atoms with Gasteiger partial charge in [0.2, 0.25) is 0 Å². The number of benzene rings is 2. The fourth-order valence-corrected chi connectivity index (χ4v) is 3.18. The Kier molecular flexibility index (Phi) is 5.47. The molecule has 0 radical (unpaired) electrons. The highest BCUT2D eigenvalue weighted by atomic mass is 15.3. The number of nitrogens with zero attached hydrogens (tertiary/aromatic N) is 2. The molecule has 1 heterocycles. The lowest BCUT2D eigenvalue weighted by molar-refractivity contribution is 0.248. The van der Waals surface area contributed by atoms with Crippen molar-refractivity contribution >= 4 is 5.71 Å². The van der Waals surface area contributed by atoms with Gasteiger partial charge >= 0.3 is 0 Å². The summed E-state index contributed by atoms with van der Waals surface area (Å²) < 4.78 is 0. The van der Waals surface area contributed by atoms with E-state index in [0.29, 0.717) is 0 Å². The van der Waals surface area contributed by atoms with Crippen LogP contribution in [0.25, 0.3) is 0 Å². The van der Waals surface area contributed by atoms with Crippen molar-refractivity contribution < 1.29 is 0 Å². The minimum Gasteiger partial charge on any atom is -0.349 e. The summed E-state index contributed by atoms with van der Waals surface area (Å²) in [5, 5.41) is 0. The highest BCUT2D eigenvalue weighted by molar-refractivity contribution is 6.09. The van der Waals surface area contributed by atoms with Gasteiger partial charge in [-0.3, -0.25) is 4.99 Å². The van der Waals surface area contributed by atoms with Crippen molar-refractivity contribution in [3.8, 4) is 0 Å². The van der Waals surface area contributed by atoms with Gasteiger partial charge in [0, 0.05) is 12.2 Å². The molecule has 0 aliphatic carbocycles. The van der Waals surface area contributed by atoms with Crippen LogP contribution in [0.3, 0.4) is 0 Å². The lowest BCUT2D eigenvalue weighted by atomic mass is 10.0. The van der Waals surface area contributed by atoms with Crippen LogP contribution in [0.15, 0.2) is 77.4 Å². The molecule has 2 heteroatoms. The largest absolute Gasteiger partial charge is 0.349 e. The first-order chi connectivity index (χ1) is 11.8. The molecule has 24 heavy (non-hydrogen) atoms. The topological polar surface area (TPSA) is 15.6 Å². The van der Waals surface area contributed by atoms with Gasteiger partial charge in [0.05, 0.1) is 5.71 Å². The van der Waals surface area contributed by atoms with Gasteiger partial charge in [-0.15, -0.1) is 0 Å². The van der Waals surface area contributed by atoms with Gasteiger partial charge in [-0.05, 0) is 30.0 Å². The number of hydrogen-bond acceptors (Lipinski definition) is 2. The van der Waals surface area contributed by atoms with E-state index < -0.39 is 0 Å². The summed E-state index contributed by atoms with van der Waals surface area (Å²) in [5.74, 6) is 0. The highest BCUT2D eigenvalue weighted by Crippen LogP contribution is 2.32. The zero-order valence-corrected chi connectivity index (χ0v) is 14.7. The van der Waals surface area contributed by atoms with E-state index in [1.54, 1.807) is 0 Å². The molecule has 1 unspecified atom stereocenters. The van der Waals surface area contributed by atoms with E-state index >= 15 is 0 Å². The van der Waals surface area contributed by atoms with Crippen LogP contribution in [0.2, 0.25) is 0 Å². The second-order valence-corrected chi connectivity index (χ2v) is 6.20. The molecule has 2 aromatic carbocycles. The molecule has 1 aliphatic rings. The number of allylic oxidation sites excluding steroid dienone is 2. The summed E-state index contributed by atoms with van der Waals surface area (Å²) in [6.45, 7) is 5.54. The van der Waals surface area contributed by atoms with E-state index in [2.05, 4.69) is 85.5 Å². The maximum atomic E-state index is 5.12. The van der Waals surface area contributed by atoms with Crippen LogP contribution in [0.5, 0.6) is 0 Å². The third-order valence-corrected chi connectivity index (χ3v) is 4.51. The monoisotopic (exact) mass is 318 g/mol. The maximum Gasteiger partial charge on any atom is 0.147 e. The molecule has 0 aromatic heterocycles. The quantitative estimate of drug-likeness (QED) is 0.678. The fraction of sp³-hybridized carbons (Fsp3) is 0.318. The summed E-state index contributed by atoms with van der Waals surface area (Å²) in [7, 11) is 0. The van der Waals surface area contributed by atoms with Crippen molar-refractivity contribution in [3.05, 3.63) is 83.6 Å². The van der Waals surface area contributed by atoms with E-state index in [4.69, 9.17) is 4.99 Å². The normalized spacial score (nSPS) is 17.4. The average molecular weight is 318 g/mol. The molecule has 0 spiro atoms. The Balaban J connectivity index is 2.02. The van der Waals surface area contributed by atoms with Gasteiger partial charge < -0.3 is 4.90 Å². The predicted molar refractivity (Wildman–Crippen MR) is 102 cm³/mol. The van der Waals surface area contributed by atoms with E-state index in [9.17, 15) is 0 Å². The lowest BCUT2D eigenvalue weighted by Gasteiger charge is -2.36. The average Bonchev–Trinajstić information content (AvgIpc) is 2.67. The van der Waals surface area contributed by atoms with Gasteiger partial charge in [-0.25, -0.2) is 0 Å². The molecular formula is C22H26N2. The molecule has 2 nitrogen and oxygen atoms in total. The first-order valence-corrected chi connectivity index (χ1v) is 8.98. The predicted octanol–water partition coefficient (Wildman–Crippen LogP) is 5.58. The fourth-order valence-electron chi connectivity index (χ4n) is 3.18. The Labute approximate surface area is 145 Å². The second-order valence-electron chi connectivity index (χ2n) is 6.20. The van der Waals surface area contributed by atoms with E-state index in [0.717, 1.165) is 18.7 Å². The summed E-state index contributed by atoms with van der Waals surface area (Å²) in [6.07, 6.45) is 5.76. The number of unbranched alkanes of at least 4 members (excludes halogenated alkanes) is 1. The molecule has 124 valence electrons. The van der Waals surface area contributed by atoms with Crippen LogP contribution in [-0.2, 0) is 0 Å². The first-order valence-electron chi connectivity index (χ1n) is 8.98. The van der Waals surface area contributed by atoms with Crippen molar-refractivity contribution in [3.63, 3.8) is 0 Å². The minimum absolute atomic E-state index is 0.0768. The zero-order valence-electron chi connectivity index (χ0n) is 14.7. The van der Waals surface area contributed by atoms with Crippen molar-refractivity contribution in [2.45, 2.75) is 39.3 Å². The third-order valence-electron chi connectivity index (χ3n) is 4.51. The van der Waals surface area contributed by atoms with Crippen LogP contribution >= 0.6 is 0 Å². The van der Waals surface area contributed by atoms with Crippen molar-refractivity contribution in [1.29, 1.82) is 0 Å². The SMILES string of the molecule is CCCCN1C(CC)=CC(c2ccccc2)=NC1c1ccccc1. The summed E-state index contributed by atoms with van der Waals surface area (Å²) >= 11 is 0. The number of rotatable bonds is 6. The minimum atomic E-state index is 0.0768. The first kappa shape index (κ1) is 16.5. The molecule has 3 rings (SSSR count). The standard InChI is InChI=1S/C22H26N2/c1-3-5-16-24-20(4-2)17-21(18-12-8-6-9-13-18)23-22(24)19-14-10-7-11-15-19/h6-15,17,22H,3-5,16H2,1-2H3. The van der Waals surface area contributed by atoms with Crippen molar-refractivity contribution in [1.82, 2.24) is 4.90 Å². The van der Waals surface area contributed by atoms with Crippen LogP contribution in [0, 0.1) is 0 Å². The van der Waals surface area contributed by atoms with Gasteiger partial charge in [0.1, 0.15) is 6.17 Å². The molecule has 1 aliphatic heterocycles. The third kappa shape index (κ3) is 3.59. The molecule has 0 saturated heterocycles. The van der Waals surface area contributed by atoms with E-state index in [1.165, 1.54) is 29.7 Å². The Morgan fingerprint density at radius 3 is 2.21 bits per heavy atom. The Morgan fingerprint density at radius 1 is 0.917 bits per heavy atom. The Hall–Kier alpha value is -2.35. The number of aliphatic imine (C=N–C) groups is 1. The lowest BCUT2D eigenvalue weighted by Crippen LogP contribution is -2.32. The smallest absolute Gasteiger partial charge is 0.147 e. The molecule has 0 amide bonds. The van der Waals surface area contributed by atoms with Gasteiger partial charge in [0.15, 0.2) is 0 Å². The second kappa shape index (κ2) is 7.96. The van der Waals surface area contributed by atoms with Gasteiger partial charge in [-0.2, -0.15) is 0 Å².